The number of benzene rings is 1. The van der Waals surface area contributed by atoms with Crippen LogP contribution in [0.1, 0.15) is 5.56 Å². The molecule has 0 atom stereocenters. The van der Waals surface area contributed by atoms with Crippen molar-refractivity contribution < 1.29 is 23.6 Å². The van der Waals surface area contributed by atoms with Crippen LogP contribution in [-0.4, -0.2) is 22.9 Å². The van der Waals surface area contributed by atoms with E-state index in [1.807, 2.05) is 0 Å². The fraction of sp³-hybridized carbons (Fsp3) is 0.125. The molecule has 0 saturated carbocycles. The monoisotopic (exact) mass is 314 g/mol. The van der Waals surface area contributed by atoms with Crippen molar-refractivity contribution in [2.24, 2.45) is 0 Å². The van der Waals surface area contributed by atoms with Crippen LogP contribution in [0, 0.1) is 0 Å². The third kappa shape index (κ3) is 3.91. The molecule has 0 aliphatic carbocycles. The maximum atomic E-state index is 11.7. The van der Waals surface area contributed by atoms with Gasteiger partial charge in [0, 0.05) is 6.54 Å². The highest BCUT2D eigenvalue weighted by Crippen LogP contribution is 2.23. The summed E-state index contributed by atoms with van der Waals surface area (Å²) in [5.41, 5.74) is 0.990. The van der Waals surface area contributed by atoms with Gasteiger partial charge in [0.2, 0.25) is 5.76 Å². The lowest BCUT2D eigenvalue weighted by molar-refractivity contribution is 0.196. The van der Waals surface area contributed by atoms with E-state index in [1.54, 1.807) is 36.4 Å². The van der Waals surface area contributed by atoms with Gasteiger partial charge in [0.1, 0.15) is 5.75 Å². The molecule has 1 aromatic carbocycles. The maximum absolute atomic E-state index is 11.7. The number of carbonyl (C=O) groups is 1. The fourth-order valence-electron chi connectivity index (χ4n) is 1.94. The molecule has 0 saturated heterocycles. The van der Waals surface area contributed by atoms with Crippen LogP contribution in [0.15, 0.2) is 57.7 Å². The smallest absolute Gasteiger partial charge is 0.414 e. The quantitative estimate of drug-likeness (QED) is 0.751. The van der Waals surface area contributed by atoms with E-state index < -0.39 is 6.09 Å². The van der Waals surface area contributed by atoms with Gasteiger partial charge in [0.05, 0.1) is 12.3 Å². The van der Waals surface area contributed by atoms with E-state index in [4.69, 9.17) is 13.7 Å². The standard InChI is InChI=1S/C16H14N2O5/c19-12-5-3-11(4-6-12)7-8-17-16(20)22-15-10-14(23-18-15)13-2-1-9-21-13/h1-6,9-10,19H,7-8H2,(H,17,20). The summed E-state index contributed by atoms with van der Waals surface area (Å²) in [5.74, 6) is 1.14. The summed E-state index contributed by atoms with van der Waals surface area (Å²) in [7, 11) is 0. The number of aromatic hydroxyl groups is 1. The molecule has 0 bridgehead atoms. The van der Waals surface area contributed by atoms with Gasteiger partial charge in [-0.3, -0.25) is 0 Å². The third-order valence-corrected chi connectivity index (χ3v) is 3.07. The first kappa shape index (κ1) is 14.7. The van der Waals surface area contributed by atoms with Gasteiger partial charge < -0.3 is 24.1 Å². The summed E-state index contributed by atoms with van der Waals surface area (Å²) in [6.45, 7) is 0.395. The molecular weight excluding hydrogens is 300 g/mol. The Morgan fingerprint density at radius 2 is 2.04 bits per heavy atom. The first-order valence-electron chi connectivity index (χ1n) is 6.95. The molecule has 3 rings (SSSR count). The lowest BCUT2D eigenvalue weighted by Gasteiger charge is -2.04. The van der Waals surface area contributed by atoms with Crippen LogP contribution in [-0.2, 0) is 6.42 Å². The first-order chi connectivity index (χ1) is 11.2. The minimum Gasteiger partial charge on any atom is -0.508 e. The average Bonchev–Trinajstić information content (AvgIpc) is 3.20. The normalized spacial score (nSPS) is 10.4. The van der Waals surface area contributed by atoms with Crippen molar-refractivity contribution in [3.8, 4) is 23.1 Å². The second-order valence-corrected chi connectivity index (χ2v) is 4.74. The van der Waals surface area contributed by atoms with Crippen LogP contribution in [0.5, 0.6) is 11.6 Å². The zero-order chi connectivity index (χ0) is 16.1. The van der Waals surface area contributed by atoms with Crippen LogP contribution in [0.2, 0.25) is 0 Å². The molecule has 0 aliphatic rings. The van der Waals surface area contributed by atoms with Crippen LogP contribution in [0.3, 0.4) is 0 Å². The SMILES string of the molecule is O=C(NCCc1ccc(O)cc1)Oc1cc(-c2ccco2)on1. The number of nitrogens with zero attached hydrogens (tertiary/aromatic N) is 1. The largest absolute Gasteiger partial charge is 0.508 e. The highest BCUT2D eigenvalue weighted by Gasteiger charge is 2.12. The molecule has 0 unspecified atom stereocenters. The van der Waals surface area contributed by atoms with Crippen molar-refractivity contribution >= 4 is 6.09 Å². The minimum atomic E-state index is -0.622. The van der Waals surface area contributed by atoms with Crippen molar-refractivity contribution in [3.63, 3.8) is 0 Å². The van der Waals surface area contributed by atoms with Crippen LogP contribution < -0.4 is 10.1 Å². The first-order valence-corrected chi connectivity index (χ1v) is 6.95. The Morgan fingerprint density at radius 3 is 2.78 bits per heavy atom. The number of ether oxygens (including phenoxy) is 1. The second-order valence-electron chi connectivity index (χ2n) is 4.74. The Hall–Kier alpha value is -3.22. The van der Waals surface area contributed by atoms with Gasteiger partial charge in [0.15, 0.2) is 5.76 Å². The number of amides is 1. The molecule has 7 heteroatoms. The Bertz CT molecular complexity index is 762. The number of phenols is 1. The molecule has 7 nitrogen and oxygen atoms in total. The van der Waals surface area contributed by atoms with E-state index in [-0.39, 0.29) is 11.6 Å². The van der Waals surface area contributed by atoms with E-state index in [0.29, 0.717) is 24.5 Å². The predicted molar refractivity (Wildman–Crippen MR) is 80.0 cm³/mol. The van der Waals surface area contributed by atoms with Crippen molar-refractivity contribution in [2.75, 3.05) is 6.54 Å². The van der Waals surface area contributed by atoms with Gasteiger partial charge in [-0.2, -0.15) is 0 Å². The molecule has 1 amide bonds. The number of nitrogens with one attached hydrogen (secondary N) is 1. The molecule has 23 heavy (non-hydrogen) atoms. The molecule has 3 aromatic rings. The maximum Gasteiger partial charge on any atom is 0.414 e. The Kier molecular flexibility index (Phi) is 4.28. The minimum absolute atomic E-state index is 0.0542. The molecular formula is C16H14N2O5. The van der Waals surface area contributed by atoms with Gasteiger partial charge in [-0.1, -0.05) is 12.1 Å². The van der Waals surface area contributed by atoms with Gasteiger partial charge in [-0.05, 0) is 41.4 Å². The van der Waals surface area contributed by atoms with Crippen molar-refractivity contribution in [1.29, 1.82) is 0 Å². The summed E-state index contributed by atoms with van der Waals surface area (Å²) in [6.07, 6.45) is 1.50. The summed E-state index contributed by atoms with van der Waals surface area (Å²) in [6, 6.07) is 11.7. The number of furan rings is 1. The zero-order valence-corrected chi connectivity index (χ0v) is 12.1. The number of hydrogen-bond donors (Lipinski definition) is 2. The summed E-state index contributed by atoms with van der Waals surface area (Å²) < 4.78 is 15.2. The highest BCUT2D eigenvalue weighted by atomic mass is 16.6. The molecule has 0 spiro atoms. The number of rotatable bonds is 5. The molecule has 2 N–H and O–H groups in total. The molecule has 0 fully saturated rings. The summed E-state index contributed by atoms with van der Waals surface area (Å²) in [4.78, 5) is 11.7. The molecule has 0 radical (unpaired) electrons. The van der Waals surface area contributed by atoms with Crippen LogP contribution >= 0.6 is 0 Å². The fourth-order valence-corrected chi connectivity index (χ4v) is 1.94. The van der Waals surface area contributed by atoms with E-state index in [9.17, 15) is 9.90 Å². The van der Waals surface area contributed by atoms with Gasteiger partial charge in [-0.25, -0.2) is 4.79 Å². The van der Waals surface area contributed by atoms with Crippen LogP contribution in [0.25, 0.3) is 11.5 Å². The topological polar surface area (TPSA) is 97.7 Å². The molecule has 2 heterocycles. The average molecular weight is 314 g/mol. The lowest BCUT2D eigenvalue weighted by atomic mass is 10.1. The number of phenolic OH excluding ortho intramolecular Hbond substituents is 1. The Balaban J connectivity index is 1.47. The predicted octanol–water partition coefficient (Wildman–Crippen LogP) is 2.97. The molecule has 2 aromatic heterocycles. The summed E-state index contributed by atoms with van der Waals surface area (Å²) >= 11 is 0. The lowest BCUT2D eigenvalue weighted by Crippen LogP contribution is -2.28. The van der Waals surface area contributed by atoms with Crippen molar-refractivity contribution in [1.82, 2.24) is 10.5 Å². The summed E-state index contributed by atoms with van der Waals surface area (Å²) in [5, 5.41) is 15.4. The zero-order valence-electron chi connectivity index (χ0n) is 12.1. The van der Waals surface area contributed by atoms with Gasteiger partial charge in [0.25, 0.3) is 5.88 Å². The second kappa shape index (κ2) is 6.69. The molecule has 118 valence electrons. The van der Waals surface area contributed by atoms with Crippen LogP contribution in [0.4, 0.5) is 4.79 Å². The third-order valence-electron chi connectivity index (χ3n) is 3.07. The highest BCUT2D eigenvalue weighted by molar-refractivity contribution is 5.70. The van der Waals surface area contributed by atoms with E-state index in [1.165, 1.54) is 12.3 Å². The Morgan fingerprint density at radius 1 is 1.22 bits per heavy atom. The van der Waals surface area contributed by atoms with Gasteiger partial charge in [-0.15, -0.1) is 0 Å². The number of aromatic nitrogens is 1. The number of hydrogen-bond acceptors (Lipinski definition) is 6. The van der Waals surface area contributed by atoms with Gasteiger partial charge >= 0.3 is 6.09 Å². The van der Waals surface area contributed by atoms with Crippen molar-refractivity contribution in [3.05, 3.63) is 54.3 Å². The Labute approximate surface area is 131 Å². The van der Waals surface area contributed by atoms with E-state index >= 15 is 0 Å². The van der Waals surface area contributed by atoms with Crippen molar-refractivity contribution in [2.45, 2.75) is 6.42 Å². The van der Waals surface area contributed by atoms with E-state index in [0.717, 1.165) is 5.56 Å². The molecule has 0 aliphatic heterocycles. The number of carbonyl (C=O) groups excluding carboxylic acids is 1. The van der Waals surface area contributed by atoms with E-state index in [2.05, 4.69) is 10.5 Å².